The predicted octanol–water partition coefficient (Wildman–Crippen LogP) is 4.31. The van der Waals surface area contributed by atoms with Crippen molar-refractivity contribution in [3.8, 4) is 22.4 Å². The third kappa shape index (κ3) is 2.89. The maximum atomic E-state index is 13.2. The van der Waals surface area contributed by atoms with Crippen LogP contribution in [-0.4, -0.2) is 19.2 Å². The normalized spacial score (nSPS) is 13.8. The average molecular weight is 355 g/mol. The Bertz CT molecular complexity index is 1030. The van der Waals surface area contributed by atoms with E-state index in [1.807, 2.05) is 12.1 Å². The van der Waals surface area contributed by atoms with Crippen LogP contribution in [-0.2, 0) is 22.8 Å². The molecule has 0 radical (unpaired) electrons. The van der Waals surface area contributed by atoms with Crippen molar-refractivity contribution in [2.75, 3.05) is 6.26 Å². The second-order valence-corrected chi connectivity index (χ2v) is 8.46. The van der Waals surface area contributed by atoms with E-state index in [9.17, 15) is 12.8 Å². The fraction of sp³-hybridized carbons (Fsp3) is 0.200. The zero-order chi connectivity index (χ0) is 17.6. The molecular formula is C20H18FNO2S. The summed E-state index contributed by atoms with van der Waals surface area (Å²) < 4.78 is 38.8. The molecular weight excluding hydrogens is 337 g/mol. The van der Waals surface area contributed by atoms with Crippen LogP contribution in [0.4, 0.5) is 4.39 Å². The van der Waals surface area contributed by atoms with Crippen molar-refractivity contribution in [2.45, 2.75) is 24.3 Å². The van der Waals surface area contributed by atoms with Crippen LogP contribution in [0.5, 0.6) is 0 Å². The van der Waals surface area contributed by atoms with Crippen LogP contribution in [0.25, 0.3) is 22.4 Å². The molecule has 2 heterocycles. The van der Waals surface area contributed by atoms with E-state index in [-0.39, 0.29) is 5.82 Å². The summed E-state index contributed by atoms with van der Waals surface area (Å²) in [5.74, 6) is -0.242. The van der Waals surface area contributed by atoms with Crippen molar-refractivity contribution in [2.24, 2.45) is 0 Å². The van der Waals surface area contributed by atoms with Gasteiger partial charge in [0.1, 0.15) is 5.82 Å². The number of nitrogens with zero attached hydrogens (tertiary/aromatic N) is 1. The summed E-state index contributed by atoms with van der Waals surface area (Å²) in [7, 11) is -3.20. The van der Waals surface area contributed by atoms with E-state index in [2.05, 4.69) is 10.6 Å². The van der Waals surface area contributed by atoms with Gasteiger partial charge in [-0.1, -0.05) is 12.1 Å². The Hall–Kier alpha value is -2.40. The summed E-state index contributed by atoms with van der Waals surface area (Å²) in [6, 6.07) is 15.7. The quantitative estimate of drug-likeness (QED) is 0.702. The standard InChI is InChI=1S/C20H18FNO2S/c1-25(23,24)17-10-6-14(7-11-17)18-13-20(22-12-2-3-19(18)22)15-4-8-16(21)9-5-15/h4-11,13H,2-3,12H2,1H3. The molecule has 0 unspecified atom stereocenters. The summed E-state index contributed by atoms with van der Waals surface area (Å²) in [4.78, 5) is 0.325. The van der Waals surface area contributed by atoms with Crippen molar-refractivity contribution in [3.63, 3.8) is 0 Å². The first kappa shape index (κ1) is 16.1. The molecule has 0 aliphatic carbocycles. The van der Waals surface area contributed by atoms with Gasteiger partial charge in [-0.3, -0.25) is 0 Å². The molecule has 3 aromatic rings. The fourth-order valence-electron chi connectivity index (χ4n) is 3.51. The second-order valence-electron chi connectivity index (χ2n) is 6.45. The van der Waals surface area contributed by atoms with Gasteiger partial charge < -0.3 is 4.57 Å². The molecule has 0 saturated carbocycles. The van der Waals surface area contributed by atoms with Gasteiger partial charge in [-0.05, 0) is 66.4 Å². The van der Waals surface area contributed by atoms with Crippen LogP contribution in [0, 0.1) is 5.82 Å². The lowest BCUT2D eigenvalue weighted by Crippen LogP contribution is -1.96. The highest BCUT2D eigenvalue weighted by Crippen LogP contribution is 2.37. The first-order chi connectivity index (χ1) is 11.9. The zero-order valence-corrected chi connectivity index (χ0v) is 14.7. The number of aromatic nitrogens is 1. The highest BCUT2D eigenvalue weighted by molar-refractivity contribution is 7.90. The van der Waals surface area contributed by atoms with Crippen LogP contribution < -0.4 is 0 Å². The number of hydrogen-bond donors (Lipinski definition) is 0. The molecule has 0 atom stereocenters. The van der Waals surface area contributed by atoms with E-state index in [4.69, 9.17) is 0 Å². The van der Waals surface area contributed by atoms with Gasteiger partial charge in [-0.25, -0.2) is 12.8 Å². The minimum Gasteiger partial charge on any atom is -0.344 e. The second kappa shape index (κ2) is 5.85. The summed E-state index contributed by atoms with van der Waals surface area (Å²) in [5, 5.41) is 0. The van der Waals surface area contributed by atoms with Gasteiger partial charge in [-0.2, -0.15) is 0 Å². The Balaban J connectivity index is 1.81. The highest BCUT2D eigenvalue weighted by atomic mass is 32.2. The van der Waals surface area contributed by atoms with Gasteiger partial charge >= 0.3 is 0 Å². The van der Waals surface area contributed by atoms with E-state index in [1.165, 1.54) is 24.1 Å². The zero-order valence-electron chi connectivity index (χ0n) is 13.9. The molecule has 3 nitrogen and oxygen atoms in total. The van der Waals surface area contributed by atoms with E-state index >= 15 is 0 Å². The van der Waals surface area contributed by atoms with Crippen molar-refractivity contribution in [1.82, 2.24) is 4.57 Å². The van der Waals surface area contributed by atoms with Gasteiger partial charge in [0.05, 0.1) is 4.90 Å². The average Bonchev–Trinajstić information content (AvgIpc) is 3.17. The largest absolute Gasteiger partial charge is 0.344 e. The first-order valence-electron chi connectivity index (χ1n) is 8.22. The van der Waals surface area contributed by atoms with Crippen LogP contribution in [0.3, 0.4) is 0 Å². The maximum absolute atomic E-state index is 13.2. The Morgan fingerprint density at radius 2 is 1.60 bits per heavy atom. The van der Waals surface area contributed by atoms with Gasteiger partial charge in [0.15, 0.2) is 9.84 Å². The molecule has 0 amide bonds. The van der Waals surface area contributed by atoms with Crippen molar-refractivity contribution in [1.29, 1.82) is 0 Å². The summed E-state index contributed by atoms with van der Waals surface area (Å²) in [6.07, 6.45) is 3.29. The third-order valence-electron chi connectivity index (χ3n) is 4.74. The minimum absolute atomic E-state index is 0.242. The van der Waals surface area contributed by atoms with Gasteiger partial charge in [0.2, 0.25) is 0 Å². The number of halogens is 1. The predicted molar refractivity (Wildman–Crippen MR) is 96.7 cm³/mol. The third-order valence-corrected chi connectivity index (χ3v) is 5.87. The van der Waals surface area contributed by atoms with Gasteiger partial charge in [0.25, 0.3) is 0 Å². The Morgan fingerprint density at radius 1 is 0.960 bits per heavy atom. The maximum Gasteiger partial charge on any atom is 0.175 e. The number of hydrogen-bond acceptors (Lipinski definition) is 2. The lowest BCUT2D eigenvalue weighted by atomic mass is 10.0. The molecule has 0 saturated heterocycles. The van der Waals surface area contributed by atoms with Crippen LogP contribution in [0.15, 0.2) is 59.5 Å². The SMILES string of the molecule is CS(=O)(=O)c1ccc(-c2cc(-c3ccc(F)cc3)n3c2CCC3)cc1. The molecule has 0 fully saturated rings. The molecule has 4 rings (SSSR count). The van der Waals surface area contributed by atoms with Crippen LogP contribution in [0.1, 0.15) is 12.1 Å². The molecule has 128 valence electrons. The topological polar surface area (TPSA) is 39.1 Å². The number of benzene rings is 2. The summed E-state index contributed by atoms with van der Waals surface area (Å²) in [6.45, 7) is 0.948. The van der Waals surface area contributed by atoms with Gasteiger partial charge in [0, 0.05) is 29.8 Å². The molecule has 1 aromatic heterocycles. The molecule has 5 heteroatoms. The number of sulfone groups is 1. The van der Waals surface area contributed by atoms with E-state index in [0.29, 0.717) is 4.90 Å². The Kier molecular flexibility index (Phi) is 3.76. The highest BCUT2D eigenvalue weighted by Gasteiger charge is 2.21. The van der Waals surface area contributed by atoms with E-state index in [1.54, 1.807) is 24.3 Å². The number of fused-ring (bicyclic) bond motifs is 1. The molecule has 0 N–H and O–H groups in total. The van der Waals surface area contributed by atoms with E-state index < -0.39 is 9.84 Å². The summed E-state index contributed by atoms with van der Waals surface area (Å²) >= 11 is 0. The van der Waals surface area contributed by atoms with Gasteiger partial charge in [-0.15, -0.1) is 0 Å². The Labute approximate surface area is 146 Å². The minimum atomic E-state index is -3.20. The Morgan fingerprint density at radius 3 is 2.24 bits per heavy atom. The summed E-state index contributed by atoms with van der Waals surface area (Å²) in [5.41, 5.74) is 5.45. The monoisotopic (exact) mass is 355 g/mol. The lowest BCUT2D eigenvalue weighted by Gasteiger charge is -2.06. The molecule has 25 heavy (non-hydrogen) atoms. The number of rotatable bonds is 3. The van der Waals surface area contributed by atoms with Crippen molar-refractivity contribution in [3.05, 3.63) is 66.1 Å². The molecule has 0 bridgehead atoms. The van der Waals surface area contributed by atoms with E-state index in [0.717, 1.165) is 41.8 Å². The van der Waals surface area contributed by atoms with Crippen LogP contribution in [0.2, 0.25) is 0 Å². The first-order valence-corrected chi connectivity index (χ1v) is 10.1. The molecule has 2 aromatic carbocycles. The lowest BCUT2D eigenvalue weighted by molar-refractivity contribution is 0.602. The smallest absolute Gasteiger partial charge is 0.175 e. The molecule has 1 aliphatic heterocycles. The molecule has 1 aliphatic rings. The van der Waals surface area contributed by atoms with Crippen LogP contribution >= 0.6 is 0 Å². The molecule has 0 spiro atoms. The fourth-order valence-corrected chi connectivity index (χ4v) is 4.14. The van der Waals surface area contributed by atoms with Crippen molar-refractivity contribution >= 4 is 9.84 Å². The van der Waals surface area contributed by atoms with Crippen molar-refractivity contribution < 1.29 is 12.8 Å².